The van der Waals surface area contributed by atoms with Crippen molar-refractivity contribution in [3.8, 4) is 11.1 Å². The number of aromatic nitrogens is 3. The van der Waals surface area contributed by atoms with Crippen LogP contribution in [0, 0.1) is 6.92 Å². The van der Waals surface area contributed by atoms with Crippen molar-refractivity contribution in [3.63, 3.8) is 0 Å². The van der Waals surface area contributed by atoms with Crippen LogP contribution in [0.15, 0.2) is 61.1 Å². The number of nitrogens with one attached hydrogen (secondary N) is 2. The van der Waals surface area contributed by atoms with Crippen LogP contribution in [-0.2, 0) is 16.6 Å². The second kappa shape index (κ2) is 9.69. The molecule has 9 heteroatoms. The smallest absolute Gasteiger partial charge is 0.408 e. The molecule has 0 aliphatic rings. The minimum Gasteiger partial charge on any atom is -0.444 e. The average Bonchev–Trinajstić information content (AvgIpc) is 3.14. The number of ether oxygens (including phenoxy) is 1. The predicted molar refractivity (Wildman–Crippen MR) is 140 cm³/mol. The summed E-state index contributed by atoms with van der Waals surface area (Å²) in [7, 11) is 1.91. The molecule has 186 valence electrons. The molecule has 2 amide bonds. The Labute approximate surface area is 209 Å². The molecule has 0 spiro atoms. The van der Waals surface area contributed by atoms with Gasteiger partial charge in [-0.15, -0.1) is 0 Å². The van der Waals surface area contributed by atoms with Gasteiger partial charge in [-0.05, 0) is 56.5 Å². The van der Waals surface area contributed by atoms with Crippen molar-refractivity contribution in [3.05, 3.63) is 72.2 Å². The molecule has 2 aromatic heterocycles. The first kappa shape index (κ1) is 24.7. The van der Waals surface area contributed by atoms with Gasteiger partial charge in [-0.3, -0.25) is 4.79 Å². The number of nitrogens with zero attached hydrogens (tertiary/aromatic N) is 3. The minimum atomic E-state index is -0.934. The molecule has 9 nitrogen and oxygen atoms in total. The second-order valence-electron chi connectivity index (χ2n) is 9.62. The van der Waals surface area contributed by atoms with E-state index in [1.54, 1.807) is 32.9 Å². The number of rotatable bonds is 5. The Kier molecular flexibility index (Phi) is 6.65. The Hall–Kier alpha value is -4.40. The minimum absolute atomic E-state index is 0.387. The molecule has 4 rings (SSSR count). The number of nitrogens with two attached hydrogens (primary N) is 1. The Bertz CT molecular complexity index is 1420. The number of fused-ring (bicyclic) bond motifs is 1. The van der Waals surface area contributed by atoms with Gasteiger partial charge in [-0.25, -0.2) is 14.8 Å². The highest BCUT2D eigenvalue weighted by molar-refractivity contribution is 6.02. The van der Waals surface area contributed by atoms with Crippen molar-refractivity contribution in [2.45, 2.75) is 39.3 Å². The van der Waals surface area contributed by atoms with Gasteiger partial charge in [-0.1, -0.05) is 36.4 Å². The number of amides is 2. The Morgan fingerprint density at radius 1 is 1.06 bits per heavy atom. The first-order valence-corrected chi connectivity index (χ1v) is 11.6. The molecule has 0 fully saturated rings. The van der Waals surface area contributed by atoms with Gasteiger partial charge < -0.3 is 25.7 Å². The topological polar surface area (TPSA) is 124 Å². The molecule has 0 saturated carbocycles. The van der Waals surface area contributed by atoms with Crippen molar-refractivity contribution >= 4 is 34.5 Å². The van der Waals surface area contributed by atoms with Crippen molar-refractivity contribution in [1.82, 2.24) is 19.9 Å². The van der Waals surface area contributed by atoms with E-state index in [4.69, 9.17) is 10.5 Å². The van der Waals surface area contributed by atoms with Crippen LogP contribution in [0.1, 0.15) is 37.9 Å². The molecule has 0 saturated heterocycles. The number of hydrogen-bond acceptors (Lipinski definition) is 6. The van der Waals surface area contributed by atoms with E-state index < -0.39 is 17.7 Å². The molecular weight excluding hydrogens is 456 g/mol. The van der Waals surface area contributed by atoms with Gasteiger partial charge in [0.25, 0.3) is 5.91 Å². The van der Waals surface area contributed by atoms with Crippen molar-refractivity contribution in [2.75, 3.05) is 11.1 Å². The lowest BCUT2D eigenvalue weighted by atomic mass is 10.00. The van der Waals surface area contributed by atoms with E-state index >= 15 is 0 Å². The zero-order valence-corrected chi connectivity index (χ0v) is 21.0. The molecule has 0 bridgehead atoms. The number of anilines is 2. The summed E-state index contributed by atoms with van der Waals surface area (Å²) in [6.45, 7) is 7.26. The van der Waals surface area contributed by atoms with Crippen molar-refractivity contribution in [1.29, 1.82) is 0 Å². The molecular formula is C27H30N6O3. The summed E-state index contributed by atoms with van der Waals surface area (Å²) in [5.41, 5.74) is 10.2. The van der Waals surface area contributed by atoms with Gasteiger partial charge in [0.05, 0.1) is 5.39 Å². The lowest BCUT2D eigenvalue weighted by Crippen LogP contribution is -2.40. The molecule has 2 heterocycles. The van der Waals surface area contributed by atoms with Gasteiger partial charge >= 0.3 is 6.09 Å². The summed E-state index contributed by atoms with van der Waals surface area (Å²) in [5.74, 6) is 0.0216. The van der Waals surface area contributed by atoms with Crippen molar-refractivity contribution in [2.24, 2.45) is 7.05 Å². The lowest BCUT2D eigenvalue weighted by molar-refractivity contribution is -0.118. The summed E-state index contributed by atoms with van der Waals surface area (Å²) < 4.78 is 7.28. The van der Waals surface area contributed by atoms with E-state index in [-0.39, 0.29) is 5.91 Å². The third kappa shape index (κ3) is 5.30. The van der Waals surface area contributed by atoms with E-state index in [0.29, 0.717) is 17.1 Å². The molecule has 2 aromatic carbocycles. The largest absolute Gasteiger partial charge is 0.444 e. The summed E-state index contributed by atoms with van der Waals surface area (Å²) in [4.78, 5) is 34.2. The molecule has 0 aliphatic heterocycles. The van der Waals surface area contributed by atoms with Crippen LogP contribution in [-0.4, -0.2) is 32.1 Å². The van der Waals surface area contributed by atoms with Gasteiger partial charge in [0.2, 0.25) is 0 Å². The number of nitrogen functional groups attached to an aromatic ring is 1. The van der Waals surface area contributed by atoms with E-state index in [1.165, 1.54) is 6.33 Å². The van der Waals surface area contributed by atoms with E-state index in [0.717, 1.165) is 27.7 Å². The molecule has 4 N–H and O–H groups in total. The van der Waals surface area contributed by atoms with Crippen LogP contribution < -0.4 is 16.4 Å². The quantitative estimate of drug-likeness (QED) is 0.375. The van der Waals surface area contributed by atoms with E-state index in [1.807, 2.05) is 61.1 Å². The summed E-state index contributed by atoms with van der Waals surface area (Å²) in [5, 5.41) is 6.39. The van der Waals surface area contributed by atoms with E-state index in [9.17, 15) is 9.59 Å². The summed E-state index contributed by atoms with van der Waals surface area (Å²) in [6.07, 6.45) is 2.74. The van der Waals surface area contributed by atoms with Crippen LogP contribution in [0.5, 0.6) is 0 Å². The fourth-order valence-corrected chi connectivity index (χ4v) is 4.07. The van der Waals surface area contributed by atoms with Crippen LogP contribution in [0.4, 0.5) is 16.3 Å². The van der Waals surface area contributed by atoms with Crippen molar-refractivity contribution < 1.29 is 14.3 Å². The highest BCUT2D eigenvalue weighted by atomic mass is 16.6. The van der Waals surface area contributed by atoms with Crippen LogP contribution >= 0.6 is 0 Å². The van der Waals surface area contributed by atoms with Crippen LogP contribution in [0.25, 0.3) is 22.2 Å². The highest BCUT2D eigenvalue weighted by Crippen LogP contribution is 2.35. The van der Waals surface area contributed by atoms with Gasteiger partial charge in [0.1, 0.15) is 29.4 Å². The fraction of sp³-hybridized carbons (Fsp3) is 0.259. The number of carbonyl (C=O) groups excluding carboxylic acids is 2. The first-order chi connectivity index (χ1) is 17.0. The van der Waals surface area contributed by atoms with Gasteiger partial charge in [0.15, 0.2) is 0 Å². The average molecular weight is 487 g/mol. The van der Waals surface area contributed by atoms with E-state index in [2.05, 4.69) is 20.6 Å². The number of hydrogen-bond donors (Lipinski definition) is 3. The van der Waals surface area contributed by atoms with Gasteiger partial charge in [-0.2, -0.15) is 0 Å². The third-order valence-electron chi connectivity index (χ3n) is 5.62. The lowest BCUT2D eigenvalue weighted by Gasteiger charge is -2.23. The number of benzene rings is 2. The fourth-order valence-electron chi connectivity index (χ4n) is 4.07. The van der Waals surface area contributed by atoms with Crippen LogP contribution in [0.3, 0.4) is 0 Å². The molecule has 4 aromatic rings. The first-order valence-electron chi connectivity index (χ1n) is 11.6. The Morgan fingerprint density at radius 2 is 1.78 bits per heavy atom. The molecule has 36 heavy (non-hydrogen) atoms. The summed E-state index contributed by atoms with van der Waals surface area (Å²) in [6, 6.07) is 13.7. The predicted octanol–water partition coefficient (Wildman–Crippen LogP) is 4.73. The maximum Gasteiger partial charge on any atom is 0.408 e. The monoisotopic (exact) mass is 486 g/mol. The molecule has 0 unspecified atom stereocenters. The molecule has 0 aliphatic carbocycles. The highest BCUT2D eigenvalue weighted by Gasteiger charge is 2.26. The zero-order valence-electron chi connectivity index (χ0n) is 21.0. The zero-order chi connectivity index (χ0) is 26.0. The number of aryl methyl sites for hydroxylation is 2. The summed E-state index contributed by atoms with van der Waals surface area (Å²) >= 11 is 0. The maximum atomic E-state index is 13.3. The molecule has 0 radical (unpaired) electrons. The SMILES string of the molecule is Cc1cc(NC(=O)[C@H](NC(=O)OC(C)(C)C)c2ccccc2)ccc1-c1cn(C)c2ncnc(N)c12. The normalized spacial score (nSPS) is 12.2. The number of alkyl carbamates (subject to hydrolysis) is 1. The Morgan fingerprint density at radius 3 is 2.44 bits per heavy atom. The number of carbonyl (C=O) groups is 2. The second-order valence-corrected chi connectivity index (χ2v) is 9.62. The Balaban J connectivity index is 1.60. The maximum absolute atomic E-state index is 13.3. The van der Waals surface area contributed by atoms with Gasteiger partial charge in [0, 0.05) is 24.5 Å². The molecule has 1 atom stereocenters. The third-order valence-corrected chi connectivity index (χ3v) is 5.62. The van der Waals surface area contributed by atoms with Crippen LogP contribution in [0.2, 0.25) is 0 Å². The standard InChI is InChI=1S/C27H30N6O3/c1-16-13-18(11-12-19(16)20-14-33(5)24-21(20)23(28)29-15-30-24)31-25(34)22(17-9-7-6-8-10-17)32-26(35)36-27(2,3)4/h6-15,22H,1-5H3,(H,31,34)(H,32,35)(H2,28,29,30)/t22-/m1/s1.